The highest BCUT2D eigenvalue weighted by molar-refractivity contribution is 6.30. The molecule has 0 saturated carbocycles. The van der Waals surface area contributed by atoms with Gasteiger partial charge in [-0.15, -0.1) is 0 Å². The van der Waals surface area contributed by atoms with Crippen LogP contribution >= 0.6 is 11.6 Å². The molecule has 2 aromatic rings. The summed E-state index contributed by atoms with van der Waals surface area (Å²) in [7, 11) is 0. The van der Waals surface area contributed by atoms with Gasteiger partial charge in [0, 0.05) is 17.7 Å². The van der Waals surface area contributed by atoms with E-state index in [1.807, 2.05) is 12.1 Å². The highest BCUT2D eigenvalue weighted by atomic mass is 35.5. The standard InChI is InChI=1S/C12H11ClN2O/c13-12-8(7-14)5-6-10(15-12)9-3-1-2-4-11(9)16/h1-6,16H,7,14H2. The van der Waals surface area contributed by atoms with Gasteiger partial charge >= 0.3 is 0 Å². The third kappa shape index (κ3) is 2.01. The number of phenolic OH excluding ortho intramolecular Hbond substituents is 1. The molecule has 0 saturated heterocycles. The SMILES string of the molecule is NCc1ccc(-c2ccccc2O)nc1Cl. The van der Waals surface area contributed by atoms with Crippen LogP contribution in [0.4, 0.5) is 0 Å². The molecule has 3 N–H and O–H groups in total. The van der Waals surface area contributed by atoms with Gasteiger partial charge in [-0.25, -0.2) is 4.98 Å². The molecule has 3 nitrogen and oxygen atoms in total. The number of aromatic hydroxyl groups is 1. The topological polar surface area (TPSA) is 59.1 Å². The summed E-state index contributed by atoms with van der Waals surface area (Å²) in [4.78, 5) is 4.20. The first-order chi connectivity index (χ1) is 7.72. The minimum absolute atomic E-state index is 0.187. The van der Waals surface area contributed by atoms with Crippen molar-refractivity contribution in [3.8, 4) is 17.0 Å². The zero-order valence-electron chi connectivity index (χ0n) is 8.52. The maximum absolute atomic E-state index is 9.67. The molecule has 0 aliphatic carbocycles. The second-order valence-corrected chi connectivity index (χ2v) is 3.73. The van der Waals surface area contributed by atoms with Gasteiger partial charge in [-0.05, 0) is 18.2 Å². The molecule has 0 aliphatic rings. The summed E-state index contributed by atoms with van der Waals surface area (Å²) in [5, 5.41) is 10.1. The van der Waals surface area contributed by atoms with Crippen molar-refractivity contribution in [2.24, 2.45) is 5.73 Å². The van der Waals surface area contributed by atoms with Crippen molar-refractivity contribution < 1.29 is 5.11 Å². The van der Waals surface area contributed by atoms with Gasteiger partial charge < -0.3 is 10.8 Å². The van der Waals surface area contributed by atoms with Crippen LogP contribution in [0.5, 0.6) is 5.75 Å². The van der Waals surface area contributed by atoms with E-state index in [4.69, 9.17) is 17.3 Å². The van der Waals surface area contributed by atoms with E-state index in [2.05, 4.69) is 4.98 Å². The Labute approximate surface area is 98.5 Å². The number of hydrogen-bond donors (Lipinski definition) is 2. The van der Waals surface area contributed by atoms with Crippen LogP contribution < -0.4 is 5.73 Å². The van der Waals surface area contributed by atoms with Crippen LogP contribution in [0.25, 0.3) is 11.3 Å². The van der Waals surface area contributed by atoms with Gasteiger partial charge in [-0.2, -0.15) is 0 Å². The smallest absolute Gasteiger partial charge is 0.134 e. The number of phenols is 1. The predicted octanol–water partition coefficient (Wildman–Crippen LogP) is 2.57. The van der Waals surface area contributed by atoms with Crippen molar-refractivity contribution in [2.75, 3.05) is 0 Å². The number of halogens is 1. The molecule has 1 aromatic carbocycles. The van der Waals surface area contributed by atoms with E-state index in [1.54, 1.807) is 24.3 Å². The second-order valence-electron chi connectivity index (χ2n) is 3.37. The van der Waals surface area contributed by atoms with Gasteiger partial charge in [0.15, 0.2) is 0 Å². The molecule has 0 aliphatic heterocycles. The molecular formula is C12H11ClN2O. The molecule has 0 radical (unpaired) electrons. The van der Waals surface area contributed by atoms with Crippen LogP contribution in [0, 0.1) is 0 Å². The van der Waals surface area contributed by atoms with Crippen LogP contribution in [0.2, 0.25) is 5.15 Å². The molecule has 0 bridgehead atoms. The van der Waals surface area contributed by atoms with E-state index in [9.17, 15) is 5.11 Å². The number of nitrogens with two attached hydrogens (primary N) is 1. The molecule has 16 heavy (non-hydrogen) atoms. The number of hydrogen-bond acceptors (Lipinski definition) is 3. The Bertz CT molecular complexity index is 514. The number of benzene rings is 1. The number of aromatic nitrogens is 1. The van der Waals surface area contributed by atoms with E-state index in [-0.39, 0.29) is 5.75 Å². The molecule has 2 rings (SSSR count). The minimum Gasteiger partial charge on any atom is -0.507 e. The van der Waals surface area contributed by atoms with Gasteiger partial charge in [0.05, 0.1) is 5.69 Å². The van der Waals surface area contributed by atoms with E-state index < -0.39 is 0 Å². The number of rotatable bonds is 2. The maximum atomic E-state index is 9.67. The Morgan fingerprint density at radius 1 is 1.19 bits per heavy atom. The van der Waals surface area contributed by atoms with Crippen molar-refractivity contribution in [2.45, 2.75) is 6.54 Å². The van der Waals surface area contributed by atoms with Crippen molar-refractivity contribution >= 4 is 11.6 Å². The average molecular weight is 235 g/mol. The van der Waals surface area contributed by atoms with E-state index in [0.717, 1.165) is 5.56 Å². The van der Waals surface area contributed by atoms with Crippen molar-refractivity contribution in [1.82, 2.24) is 4.98 Å². The third-order valence-electron chi connectivity index (χ3n) is 2.33. The van der Waals surface area contributed by atoms with Crippen molar-refractivity contribution in [3.05, 3.63) is 47.1 Å². The van der Waals surface area contributed by atoms with E-state index in [0.29, 0.717) is 23.0 Å². The molecule has 0 spiro atoms. The average Bonchev–Trinajstić information content (AvgIpc) is 2.29. The summed E-state index contributed by atoms with van der Waals surface area (Å²) in [6.45, 7) is 0.354. The molecule has 0 atom stereocenters. The Morgan fingerprint density at radius 2 is 1.94 bits per heavy atom. The Hall–Kier alpha value is -1.58. The van der Waals surface area contributed by atoms with Crippen molar-refractivity contribution in [3.63, 3.8) is 0 Å². The molecule has 0 amide bonds. The third-order valence-corrected chi connectivity index (χ3v) is 2.65. The fraction of sp³-hybridized carbons (Fsp3) is 0.0833. The lowest BCUT2D eigenvalue weighted by Crippen LogP contribution is -1.99. The molecule has 82 valence electrons. The number of para-hydroxylation sites is 1. The Kier molecular flexibility index (Phi) is 3.08. The van der Waals surface area contributed by atoms with E-state index >= 15 is 0 Å². The summed E-state index contributed by atoms with van der Waals surface area (Å²) in [5.41, 5.74) is 7.59. The molecule has 1 heterocycles. The zero-order valence-corrected chi connectivity index (χ0v) is 9.28. The van der Waals surface area contributed by atoms with Crippen LogP contribution in [0.15, 0.2) is 36.4 Å². The van der Waals surface area contributed by atoms with Crippen molar-refractivity contribution in [1.29, 1.82) is 0 Å². The second kappa shape index (κ2) is 4.51. The highest BCUT2D eigenvalue weighted by Gasteiger charge is 2.07. The van der Waals surface area contributed by atoms with Gasteiger partial charge in [-0.1, -0.05) is 29.8 Å². The normalized spacial score (nSPS) is 10.4. The summed E-state index contributed by atoms with van der Waals surface area (Å²) < 4.78 is 0. The molecule has 0 fully saturated rings. The van der Waals surface area contributed by atoms with Crippen LogP contribution in [0.3, 0.4) is 0 Å². The van der Waals surface area contributed by atoms with Crippen LogP contribution in [-0.4, -0.2) is 10.1 Å². The van der Waals surface area contributed by atoms with Gasteiger partial charge in [0.2, 0.25) is 0 Å². The Balaban J connectivity index is 2.50. The fourth-order valence-electron chi connectivity index (χ4n) is 1.46. The number of pyridine rings is 1. The summed E-state index contributed by atoms with van der Waals surface area (Å²) in [6, 6.07) is 10.6. The monoisotopic (exact) mass is 234 g/mol. The number of nitrogens with zero attached hydrogens (tertiary/aromatic N) is 1. The van der Waals surface area contributed by atoms with Gasteiger partial charge in [0.25, 0.3) is 0 Å². The Morgan fingerprint density at radius 3 is 2.56 bits per heavy atom. The predicted molar refractivity (Wildman–Crippen MR) is 64.2 cm³/mol. The first kappa shape index (κ1) is 10.9. The summed E-state index contributed by atoms with van der Waals surface area (Å²) in [5.74, 6) is 0.187. The van der Waals surface area contributed by atoms with Gasteiger partial charge in [0.1, 0.15) is 10.9 Å². The largest absolute Gasteiger partial charge is 0.507 e. The fourth-order valence-corrected chi connectivity index (χ4v) is 1.69. The molecule has 4 heteroatoms. The van der Waals surface area contributed by atoms with Crippen LogP contribution in [0.1, 0.15) is 5.56 Å². The molecule has 1 aromatic heterocycles. The first-order valence-electron chi connectivity index (χ1n) is 4.86. The first-order valence-corrected chi connectivity index (χ1v) is 5.24. The van der Waals surface area contributed by atoms with E-state index in [1.165, 1.54) is 0 Å². The minimum atomic E-state index is 0.187. The lowest BCUT2D eigenvalue weighted by atomic mass is 10.1. The summed E-state index contributed by atoms with van der Waals surface area (Å²) >= 11 is 5.96. The lowest BCUT2D eigenvalue weighted by molar-refractivity contribution is 0.477. The van der Waals surface area contributed by atoms with Crippen LogP contribution in [-0.2, 0) is 6.54 Å². The quantitative estimate of drug-likeness (QED) is 0.786. The summed E-state index contributed by atoms with van der Waals surface area (Å²) in [6.07, 6.45) is 0. The highest BCUT2D eigenvalue weighted by Crippen LogP contribution is 2.28. The zero-order chi connectivity index (χ0) is 11.5. The van der Waals surface area contributed by atoms with Gasteiger partial charge in [-0.3, -0.25) is 0 Å². The lowest BCUT2D eigenvalue weighted by Gasteiger charge is -2.06. The molecular weight excluding hydrogens is 224 g/mol. The maximum Gasteiger partial charge on any atom is 0.134 e. The molecule has 0 unspecified atom stereocenters.